The van der Waals surface area contributed by atoms with Crippen LogP contribution < -0.4 is 5.32 Å². The smallest absolute Gasteiger partial charge is 0.0338 e. The zero-order valence-electron chi connectivity index (χ0n) is 11.6. The van der Waals surface area contributed by atoms with Gasteiger partial charge >= 0.3 is 0 Å². The Morgan fingerprint density at radius 3 is 3.16 bits per heavy atom. The number of hydrogen-bond acceptors (Lipinski definition) is 3. The van der Waals surface area contributed by atoms with Gasteiger partial charge in [0.05, 0.1) is 0 Å². The van der Waals surface area contributed by atoms with Gasteiger partial charge in [0.15, 0.2) is 0 Å². The van der Waals surface area contributed by atoms with E-state index in [4.69, 9.17) is 0 Å². The molecule has 0 unspecified atom stereocenters. The normalized spacial score (nSPS) is 31.3. The van der Waals surface area contributed by atoms with Crippen LogP contribution in [0.3, 0.4) is 0 Å². The molecule has 0 saturated carbocycles. The molecular weight excluding hydrogens is 258 g/mol. The largest absolute Gasteiger partial charge is 0.312 e. The summed E-state index contributed by atoms with van der Waals surface area (Å²) in [5, 5.41) is 3.72. The maximum absolute atomic E-state index is 4.23. The van der Waals surface area contributed by atoms with Gasteiger partial charge in [-0.3, -0.25) is 9.88 Å². The van der Waals surface area contributed by atoms with Gasteiger partial charge in [-0.1, -0.05) is 6.07 Å². The van der Waals surface area contributed by atoms with Crippen LogP contribution in [-0.4, -0.2) is 34.6 Å². The first kappa shape index (κ1) is 14.8. The molecule has 106 valence electrons. The Bertz CT molecular complexity index is 396. The predicted octanol–water partition coefficient (Wildman–Crippen LogP) is 2.61. The van der Waals surface area contributed by atoms with E-state index in [1.54, 1.807) is 0 Å². The Kier molecular flexibility index (Phi) is 4.82. The summed E-state index contributed by atoms with van der Waals surface area (Å²) < 4.78 is 0. The number of hydrogen-bond donors (Lipinski definition) is 1. The second kappa shape index (κ2) is 6.21. The van der Waals surface area contributed by atoms with E-state index in [1.807, 2.05) is 18.5 Å². The van der Waals surface area contributed by atoms with Crippen molar-refractivity contribution >= 4 is 12.4 Å². The van der Waals surface area contributed by atoms with Crippen molar-refractivity contribution in [3.63, 3.8) is 0 Å². The predicted molar refractivity (Wildman–Crippen MR) is 80.6 cm³/mol. The molecule has 2 fully saturated rings. The molecule has 0 amide bonds. The summed E-state index contributed by atoms with van der Waals surface area (Å²) in [6, 6.07) is 4.91. The van der Waals surface area contributed by atoms with E-state index in [1.165, 1.54) is 44.3 Å². The molecule has 1 N–H and O–H groups in total. The quantitative estimate of drug-likeness (QED) is 0.903. The summed E-state index contributed by atoms with van der Waals surface area (Å²) in [5.74, 6) is 0. The van der Waals surface area contributed by atoms with Crippen molar-refractivity contribution in [3.05, 3.63) is 30.1 Å². The first-order valence-electron chi connectivity index (χ1n) is 7.16. The molecule has 3 nitrogen and oxygen atoms in total. The Balaban J connectivity index is 0.00000133. The van der Waals surface area contributed by atoms with E-state index in [0.717, 1.165) is 6.54 Å². The highest BCUT2D eigenvalue weighted by molar-refractivity contribution is 5.85. The molecule has 2 atom stereocenters. The minimum Gasteiger partial charge on any atom is -0.312 e. The van der Waals surface area contributed by atoms with Gasteiger partial charge < -0.3 is 5.32 Å². The van der Waals surface area contributed by atoms with Crippen LogP contribution in [0.1, 0.15) is 38.2 Å². The fourth-order valence-corrected chi connectivity index (χ4v) is 3.62. The number of halogens is 1. The van der Waals surface area contributed by atoms with E-state index in [2.05, 4.69) is 28.2 Å². The van der Waals surface area contributed by atoms with Crippen molar-refractivity contribution in [2.75, 3.05) is 13.1 Å². The third-order valence-electron chi connectivity index (χ3n) is 4.74. The van der Waals surface area contributed by atoms with Gasteiger partial charge in [-0.15, -0.1) is 12.4 Å². The summed E-state index contributed by atoms with van der Waals surface area (Å²) in [7, 11) is 0. The number of fused-ring (bicyclic) bond motifs is 1. The van der Waals surface area contributed by atoms with Gasteiger partial charge in [-0.05, 0) is 57.3 Å². The van der Waals surface area contributed by atoms with Gasteiger partial charge in [0.2, 0.25) is 0 Å². The molecule has 0 radical (unpaired) electrons. The highest BCUT2D eigenvalue weighted by Crippen LogP contribution is 2.35. The van der Waals surface area contributed by atoms with Gasteiger partial charge in [0.25, 0.3) is 0 Å². The van der Waals surface area contributed by atoms with Gasteiger partial charge in [-0.25, -0.2) is 0 Å². The maximum Gasteiger partial charge on any atom is 0.0338 e. The number of likely N-dealkylation sites (tertiary alicyclic amines) is 1. The van der Waals surface area contributed by atoms with Crippen molar-refractivity contribution in [1.29, 1.82) is 0 Å². The number of piperidine rings is 2. The second-order valence-electron chi connectivity index (χ2n) is 5.89. The molecule has 2 aliphatic heterocycles. The summed E-state index contributed by atoms with van der Waals surface area (Å²) in [5.41, 5.74) is 1.68. The average Bonchev–Trinajstić information content (AvgIpc) is 2.41. The second-order valence-corrected chi connectivity index (χ2v) is 5.89. The molecule has 2 aliphatic rings. The van der Waals surface area contributed by atoms with E-state index in [-0.39, 0.29) is 12.4 Å². The fraction of sp³-hybridized carbons (Fsp3) is 0.667. The topological polar surface area (TPSA) is 28.2 Å². The molecule has 3 rings (SSSR count). The summed E-state index contributed by atoms with van der Waals surface area (Å²) >= 11 is 0. The lowest BCUT2D eigenvalue weighted by Crippen LogP contribution is -2.64. The van der Waals surface area contributed by atoms with E-state index >= 15 is 0 Å². The highest BCUT2D eigenvalue weighted by Gasteiger charge is 2.43. The number of nitrogens with zero attached hydrogens (tertiary/aromatic N) is 2. The molecule has 0 bridgehead atoms. The molecule has 2 saturated heterocycles. The summed E-state index contributed by atoms with van der Waals surface area (Å²) in [6.07, 6.45) is 9.13. The maximum atomic E-state index is 4.23. The summed E-state index contributed by atoms with van der Waals surface area (Å²) in [6.45, 7) is 5.91. The van der Waals surface area contributed by atoms with Crippen molar-refractivity contribution in [2.45, 2.75) is 50.7 Å². The first-order chi connectivity index (χ1) is 8.79. The number of nitrogens with one attached hydrogen (secondary N) is 1. The zero-order valence-corrected chi connectivity index (χ0v) is 12.5. The molecule has 1 aromatic heterocycles. The zero-order chi connectivity index (χ0) is 12.4. The van der Waals surface area contributed by atoms with Crippen LogP contribution in [-0.2, 0) is 6.54 Å². The molecule has 3 heterocycles. The SMILES string of the molecule is C[C@]12CCCN[C@@H]1CCCN2Cc1cccnc1.Cl. The van der Waals surface area contributed by atoms with Crippen LogP contribution >= 0.6 is 12.4 Å². The van der Waals surface area contributed by atoms with Gasteiger partial charge in [0.1, 0.15) is 0 Å². The average molecular weight is 282 g/mol. The monoisotopic (exact) mass is 281 g/mol. The first-order valence-corrected chi connectivity index (χ1v) is 7.16. The minimum absolute atomic E-state index is 0. The van der Waals surface area contributed by atoms with Gasteiger partial charge in [-0.2, -0.15) is 0 Å². The number of rotatable bonds is 2. The Labute approximate surface area is 122 Å². The standard InChI is InChI=1S/C15H23N3.ClH/c1-15-7-4-9-17-14(15)6-3-10-18(15)12-13-5-2-8-16-11-13;/h2,5,8,11,14,17H,3-4,6-7,9-10,12H2,1H3;1H/t14-,15+;/m1./s1. The minimum atomic E-state index is 0. The van der Waals surface area contributed by atoms with Crippen LogP contribution in [0.4, 0.5) is 0 Å². The molecule has 0 aromatic carbocycles. The van der Waals surface area contributed by atoms with Crippen LogP contribution in [0.15, 0.2) is 24.5 Å². The molecular formula is C15H24ClN3. The van der Waals surface area contributed by atoms with Crippen LogP contribution in [0.25, 0.3) is 0 Å². The van der Waals surface area contributed by atoms with Crippen LogP contribution in [0, 0.1) is 0 Å². The van der Waals surface area contributed by atoms with E-state index in [0.29, 0.717) is 11.6 Å². The third-order valence-corrected chi connectivity index (χ3v) is 4.74. The van der Waals surface area contributed by atoms with Crippen LogP contribution in [0.5, 0.6) is 0 Å². The fourth-order valence-electron chi connectivity index (χ4n) is 3.62. The highest BCUT2D eigenvalue weighted by atomic mass is 35.5. The van der Waals surface area contributed by atoms with E-state index < -0.39 is 0 Å². The molecule has 0 aliphatic carbocycles. The summed E-state index contributed by atoms with van der Waals surface area (Å²) in [4.78, 5) is 6.91. The lowest BCUT2D eigenvalue weighted by molar-refractivity contribution is -0.00110. The third kappa shape index (κ3) is 2.93. The lowest BCUT2D eigenvalue weighted by Gasteiger charge is -2.53. The molecule has 19 heavy (non-hydrogen) atoms. The van der Waals surface area contributed by atoms with Crippen LogP contribution in [0.2, 0.25) is 0 Å². The van der Waals surface area contributed by atoms with Crippen molar-refractivity contribution in [1.82, 2.24) is 15.2 Å². The Morgan fingerprint density at radius 2 is 2.37 bits per heavy atom. The number of pyridine rings is 1. The van der Waals surface area contributed by atoms with E-state index in [9.17, 15) is 0 Å². The Morgan fingerprint density at radius 1 is 1.47 bits per heavy atom. The van der Waals surface area contributed by atoms with Crippen molar-refractivity contribution in [2.24, 2.45) is 0 Å². The lowest BCUT2D eigenvalue weighted by atomic mass is 9.77. The van der Waals surface area contributed by atoms with Crippen molar-refractivity contribution < 1.29 is 0 Å². The molecule has 4 heteroatoms. The van der Waals surface area contributed by atoms with Crippen molar-refractivity contribution in [3.8, 4) is 0 Å². The molecule has 0 spiro atoms. The molecule has 1 aromatic rings. The Hall–Kier alpha value is -0.640. The number of aromatic nitrogens is 1. The van der Waals surface area contributed by atoms with Gasteiger partial charge in [0, 0.05) is 30.5 Å².